The van der Waals surface area contributed by atoms with Gasteiger partial charge >= 0.3 is 0 Å². The number of H-pyrrole nitrogens is 1. The molecule has 6 N–H and O–H groups in total. The van der Waals surface area contributed by atoms with Crippen LogP contribution in [0.1, 0.15) is 28.9 Å². The third-order valence-corrected chi connectivity index (χ3v) is 5.22. The molecule has 4 aromatic rings. The third kappa shape index (κ3) is 3.00. The monoisotopic (exact) mass is 400 g/mol. The van der Waals surface area contributed by atoms with Crippen molar-refractivity contribution in [1.82, 2.24) is 25.1 Å². The number of carbonyl (C=O) groups excluding carboxylic acids is 1. The predicted molar refractivity (Wildman–Crippen MR) is 115 cm³/mol. The van der Waals surface area contributed by atoms with Crippen LogP contribution in [-0.4, -0.2) is 37.1 Å². The van der Waals surface area contributed by atoms with Crippen LogP contribution in [0.25, 0.3) is 33.5 Å². The number of aryl methyl sites for hydroxylation is 1. The Hall–Kier alpha value is -4.01. The Morgan fingerprint density at radius 2 is 2.07 bits per heavy atom. The van der Waals surface area contributed by atoms with Gasteiger partial charge < -0.3 is 16.8 Å². The number of benzene rings is 1. The molecule has 1 aromatic carbocycles. The normalized spacial score (nSPS) is 13.5. The van der Waals surface area contributed by atoms with Crippen molar-refractivity contribution in [1.29, 1.82) is 0 Å². The van der Waals surface area contributed by atoms with Crippen LogP contribution in [0.4, 0.5) is 11.5 Å². The Bertz CT molecular complexity index is 1290. The van der Waals surface area contributed by atoms with Crippen molar-refractivity contribution in [2.45, 2.75) is 25.8 Å². The number of rotatable bonds is 5. The number of primary amides is 1. The molecule has 9 heteroatoms. The Balaban J connectivity index is 1.77. The molecule has 0 saturated heterocycles. The van der Waals surface area contributed by atoms with E-state index in [4.69, 9.17) is 16.5 Å². The summed E-state index contributed by atoms with van der Waals surface area (Å²) in [5, 5.41) is 11.3. The van der Waals surface area contributed by atoms with Crippen LogP contribution in [0.3, 0.4) is 0 Å². The van der Waals surface area contributed by atoms with E-state index < -0.39 is 5.91 Å². The minimum atomic E-state index is -0.713. The van der Waals surface area contributed by atoms with Gasteiger partial charge in [-0.05, 0) is 43.5 Å². The van der Waals surface area contributed by atoms with E-state index >= 15 is 0 Å². The van der Waals surface area contributed by atoms with Crippen LogP contribution in [0.15, 0.2) is 36.7 Å². The standard InChI is InChI=1S/C21H20N8O/c1-10-4-7-14-13(9-25-29-14)15(10)17-16(22)18(19(23)30)28-21(27-17)12-3-2-8-24-20(12)26-11-5-6-11/h2-4,7-9,11H,5-6,22H2,1H3,(H2,23,30)(H,24,26)(H,25,29). The highest BCUT2D eigenvalue weighted by Crippen LogP contribution is 2.37. The molecule has 1 saturated carbocycles. The number of pyridine rings is 1. The molecule has 0 spiro atoms. The lowest BCUT2D eigenvalue weighted by Crippen LogP contribution is -2.18. The molecule has 3 aromatic heterocycles. The maximum absolute atomic E-state index is 12.2. The number of nitrogens with one attached hydrogen (secondary N) is 2. The number of fused-ring (bicyclic) bond motifs is 1. The van der Waals surface area contributed by atoms with Gasteiger partial charge in [0.25, 0.3) is 5.91 Å². The lowest BCUT2D eigenvalue weighted by molar-refractivity contribution is 0.0996. The maximum Gasteiger partial charge on any atom is 0.269 e. The van der Waals surface area contributed by atoms with Gasteiger partial charge in [-0.1, -0.05) is 6.07 Å². The summed E-state index contributed by atoms with van der Waals surface area (Å²) < 4.78 is 0. The van der Waals surface area contributed by atoms with Crippen molar-refractivity contribution in [2.75, 3.05) is 11.1 Å². The highest BCUT2D eigenvalue weighted by atomic mass is 16.1. The second-order valence-corrected chi connectivity index (χ2v) is 7.43. The van der Waals surface area contributed by atoms with Gasteiger partial charge in [-0.3, -0.25) is 9.89 Å². The van der Waals surface area contributed by atoms with Crippen molar-refractivity contribution >= 4 is 28.3 Å². The van der Waals surface area contributed by atoms with E-state index in [-0.39, 0.29) is 11.4 Å². The number of nitrogens with zero attached hydrogens (tertiary/aromatic N) is 4. The van der Waals surface area contributed by atoms with Crippen LogP contribution in [0.5, 0.6) is 0 Å². The van der Waals surface area contributed by atoms with E-state index in [2.05, 4.69) is 25.5 Å². The van der Waals surface area contributed by atoms with Crippen LogP contribution < -0.4 is 16.8 Å². The third-order valence-electron chi connectivity index (χ3n) is 5.22. The zero-order chi connectivity index (χ0) is 20.8. The lowest BCUT2D eigenvalue weighted by Gasteiger charge is -2.15. The molecule has 1 aliphatic carbocycles. The molecule has 150 valence electrons. The molecule has 3 heterocycles. The van der Waals surface area contributed by atoms with Crippen molar-refractivity contribution < 1.29 is 4.79 Å². The molecule has 1 fully saturated rings. The molecule has 1 aliphatic rings. The number of aromatic amines is 1. The molecule has 0 aliphatic heterocycles. The van der Waals surface area contributed by atoms with Gasteiger partial charge in [-0.2, -0.15) is 5.10 Å². The van der Waals surface area contributed by atoms with E-state index in [9.17, 15) is 4.79 Å². The van der Waals surface area contributed by atoms with Crippen LogP contribution in [0.2, 0.25) is 0 Å². The first-order chi connectivity index (χ1) is 14.5. The second-order valence-electron chi connectivity index (χ2n) is 7.43. The molecule has 0 atom stereocenters. The summed E-state index contributed by atoms with van der Waals surface area (Å²) in [6.45, 7) is 1.96. The molecular weight excluding hydrogens is 380 g/mol. The lowest BCUT2D eigenvalue weighted by atomic mass is 9.99. The van der Waals surface area contributed by atoms with Crippen LogP contribution in [0, 0.1) is 6.92 Å². The molecular formula is C21H20N8O. The van der Waals surface area contributed by atoms with Crippen molar-refractivity contribution in [2.24, 2.45) is 5.73 Å². The fourth-order valence-electron chi connectivity index (χ4n) is 3.53. The predicted octanol–water partition coefficient (Wildman–Crippen LogP) is 2.65. The first kappa shape index (κ1) is 18.0. The van der Waals surface area contributed by atoms with Crippen LogP contribution >= 0.6 is 0 Å². The molecule has 1 amide bonds. The first-order valence-corrected chi connectivity index (χ1v) is 9.65. The quantitative estimate of drug-likeness (QED) is 0.402. The summed E-state index contributed by atoms with van der Waals surface area (Å²) in [4.78, 5) is 25.8. The Morgan fingerprint density at radius 1 is 1.23 bits per heavy atom. The molecule has 9 nitrogen and oxygen atoms in total. The number of nitrogen functional groups attached to an aromatic ring is 1. The average Bonchev–Trinajstić information content (AvgIpc) is 3.42. The zero-order valence-electron chi connectivity index (χ0n) is 16.3. The van der Waals surface area contributed by atoms with Crippen molar-refractivity contribution in [3.63, 3.8) is 0 Å². The van der Waals surface area contributed by atoms with E-state index in [0.29, 0.717) is 28.9 Å². The van der Waals surface area contributed by atoms with Gasteiger partial charge in [-0.15, -0.1) is 0 Å². The average molecular weight is 400 g/mol. The maximum atomic E-state index is 12.2. The summed E-state index contributed by atoms with van der Waals surface area (Å²) in [7, 11) is 0. The van der Waals surface area contributed by atoms with E-state index in [1.807, 2.05) is 25.1 Å². The number of anilines is 2. The number of nitrogens with two attached hydrogens (primary N) is 2. The molecule has 5 rings (SSSR count). The van der Waals surface area contributed by atoms with Gasteiger partial charge in [0, 0.05) is 23.2 Å². The number of carbonyl (C=O) groups is 1. The van der Waals surface area contributed by atoms with Crippen LogP contribution in [-0.2, 0) is 0 Å². The Kier molecular flexibility index (Phi) is 4.09. The number of amides is 1. The van der Waals surface area contributed by atoms with Gasteiger partial charge in [0.1, 0.15) is 5.82 Å². The number of aromatic nitrogens is 5. The molecule has 0 radical (unpaired) electrons. The largest absolute Gasteiger partial charge is 0.395 e. The minimum absolute atomic E-state index is 0.0175. The molecule has 30 heavy (non-hydrogen) atoms. The van der Waals surface area contributed by atoms with Gasteiger partial charge in [0.05, 0.1) is 28.7 Å². The zero-order valence-corrected chi connectivity index (χ0v) is 16.3. The van der Waals surface area contributed by atoms with Crippen molar-refractivity contribution in [3.8, 4) is 22.6 Å². The summed E-state index contributed by atoms with van der Waals surface area (Å²) in [5.74, 6) is 0.295. The SMILES string of the molecule is Cc1ccc2[nH]ncc2c1-c1nc(-c2cccnc2NC2CC2)nc(C(N)=O)c1N. The highest BCUT2D eigenvalue weighted by molar-refractivity contribution is 6.04. The molecule has 0 bridgehead atoms. The van der Waals surface area contributed by atoms with E-state index in [1.54, 1.807) is 18.5 Å². The Morgan fingerprint density at radius 3 is 2.83 bits per heavy atom. The van der Waals surface area contributed by atoms with Gasteiger partial charge in [0.2, 0.25) is 0 Å². The van der Waals surface area contributed by atoms with Gasteiger partial charge in [-0.25, -0.2) is 15.0 Å². The summed E-state index contributed by atoms with van der Waals surface area (Å²) in [6.07, 6.45) is 5.61. The summed E-state index contributed by atoms with van der Waals surface area (Å²) >= 11 is 0. The highest BCUT2D eigenvalue weighted by Gasteiger charge is 2.25. The first-order valence-electron chi connectivity index (χ1n) is 9.65. The van der Waals surface area contributed by atoms with Crippen molar-refractivity contribution in [3.05, 3.63) is 47.9 Å². The fraction of sp³-hybridized carbons (Fsp3) is 0.190. The van der Waals surface area contributed by atoms with E-state index in [0.717, 1.165) is 34.9 Å². The number of hydrogen-bond acceptors (Lipinski definition) is 7. The summed E-state index contributed by atoms with van der Waals surface area (Å²) in [6, 6.07) is 7.95. The summed E-state index contributed by atoms with van der Waals surface area (Å²) in [5.41, 5.74) is 15.8. The van der Waals surface area contributed by atoms with E-state index in [1.165, 1.54) is 0 Å². The van der Waals surface area contributed by atoms with Gasteiger partial charge in [0.15, 0.2) is 11.5 Å². The second kappa shape index (κ2) is 6.80. The fourth-order valence-corrected chi connectivity index (χ4v) is 3.53. The molecule has 0 unspecified atom stereocenters. The topological polar surface area (TPSA) is 148 Å². The Labute approximate surface area is 171 Å². The minimum Gasteiger partial charge on any atom is -0.395 e. The smallest absolute Gasteiger partial charge is 0.269 e. The number of hydrogen-bond donors (Lipinski definition) is 4.